The van der Waals surface area contributed by atoms with Gasteiger partial charge in [0.2, 0.25) is 5.91 Å². The van der Waals surface area contributed by atoms with Gasteiger partial charge in [0.15, 0.2) is 0 Å². The number of carbonyl (C=O) groups is 1. The maximum atomic E-state index is 10.9. The fourth-order valence-electron chi connectivity index (χ4n) is 1.38. The molecule has 16 heavy (non-hydrogen) atoms. The smallest absolute Gasteiger partial charge is 0.248 e. The molecule has 6 nitrogen and oxygen atoms in total. The molecule has 0 atom stereocenters. The molecule has 1 amide bonds. The number of primary amides is 1. The first-order chi connectivity index (χ1) is 7.66. The number of nitrogens with two attached hydrogens (primary N) is 2. The average molecular weight is 217 g/mol. The number of nitrogens with zero attached hydrogens (tertiary/aromatic N) is 3. The Morgan fingerprint density at radius 2 is 2.25 bits per heavy atom. The average Bonchev–Trinajstić information content (AvgIpc) is 2.73. The Labute approximate surface area is 91.9 Å². The lowest BCUT2D eigenvalue weighted by Gasteiger charge is -2.06. The molecule has 0 radical (unpaired) electrons. The number of anilines is 1. The molecule has 0 fully saturated rings. The summed E-state index contributed by atoms with van der Waals surface area (Å²) in [5, 5.41) is 3.97. The maximum absolute atomic E-state index is 10.9. The second-order valence-electron chi connectivity index (χ2n) is 3.37. The van der Waals surface area contributed by atoms with Gasteiger partial charge in [0.25, 0.3) is 0 Å². The van der Waals surface area contributed by atoms with Crippen molar-refractivity contribution in [2.75, 3.05) is 5.73 Å². The molecule has 0 spiro atoms. The van der Waals surface area contributed by atoms with Crippen molar-refractivity contribution in [1.29, 1.82) is 0 Å². The standard InChI is InChI=1S/C10H11N5O/c11-9-3-7(10(12)16)1-2-8(9)4-15-6-13-5-14-15/h1-3,5-6H,4,11H2,(H2,12,16). The highest BCUT2D eigenvalue weighted by molar-refractivity contribution is 5.93. The second kappa shape index (κ2) is 4.01. The fourth-order valence-corrected chi connectivity index (χ4v) is 1.38. The van der Waals surface area contributed by atoms with Crippen molar-refractivity contribution in [1.82, 2.24) is 14.8 Å². The predicted molar refractivity (Wildman–Crippen MR) is 58.5 cm³/mol. The Hall–Kier alpha value is -2.37. The van der Waals surface area contributed by atoms with Gasteiger partial charge in [-0.25, -0.2) is 9.67 Å². The summed E-state index contributed by atoms with van der Waals surface area (Å²) in [6, 6.07) is 4.97. The molecule has 0 aliphatic rings. The van der Waals surface area contributed by atoms with Crippen molar-refractivity contribution in [2.45, 2.75) is 6.54 Å². The zero-order valence-corrected chi connectivity index (χ0v) is 8.50. The van der Waals surface area contributed by atoms with Gasteiger partial charge in [0.05, 0.1) is 6.54 Å². The van der Waals surface area contributed by atoms with E-state index in [1.165, 1.54) is 6.33 Å². The normalized spacial score (nSPS) is 10.2. The highest BCUT2D eigenvalue weighted by Crippen LogP contribution is 2.14. The van der Waals surface area contributed by atoms with E-state index < -0.39 is 5.91 Å². The molecule has 2 aromatic rings. The van der Waals surface area contributed by atoms with E-state index in [-0.39, 0.29) is 0 Å². The fraction of sp³-hybridized carbons (Fsp3) is 0.100. The van der Waals surface area contributed by atoms with Crippen LogP contribution in [0, 0.1) is 0 Å². The van der Waals surface area contributed by atoms with E-state index in [1.807, 2.05) is 0 Å². The van der Waals surface area contributed by atoms with E-state index in [1.54, 1.807) is 29.2 Å². The zero-order chi connectivity index (χ0) is 11.5. The summed E-state index contributed by atoms with van der Waals surface area (Å²) >= 11 is 0. The second-order valence-corrected chi connectivity index (χ2v) is 3.37. The van der Waals surface area contributed by atoms with Gasteiger partial charge >= 0.3 is 0 Å². The zero-order valence-electron chi connectivity index (χ0n) is 8.50. The minimum absolute atomic E-state index is 0.403. The van der Waals surface area contributed by atoms with Crippen LogP contribution in [0.3, 0.4) is 0 Å². The van der Waals surface area contributed by atoms with Crippen LogP contribution in [-0.4, -0.2) is 20.7 Å². The van der Waals surface area contributed by atoms with Crippen LogP contribution in [-0.2, 0) is 6.54 Å². The van der Waals surface area contributed by atoms with Crippen LogP contribution in [0.2, 0.25) is 0 Å². The number of nitrogen functional groups attached to an aromatic ring is 1. The van der Waals surface area contributed by atoms with Crippen LogP contribution in [0.4, 0.5) is 5.69 Å². The van der Waals surface area contributed by atoms with Gasteiger partial charge in [0, 0.05) is 11.3 Å². The van der Waals surface area contributed by atoms with E-state index in [9.17, 15) is 4.79 Å². The maximum Gasteiger partial charge on any atom is 0.248 e. The monoisotopic (exact) mass is 217 g/mol. The van der Waals surface area contributed by atoms with Gasteiger partial charge in [-0.15, -0.1) is 0 Å². The van der Waals surface area contributed by atoms with Crippen LogP contribution in [0.25, 0.3) is 0 Å². The summed E-state index contributed by atoms with van der Waals surface area (Å²) in [6.07, 6.45) is 3.05. The van der Waals surface area contributed by atoms with Crippen molar-refractivity contribution >= 4 is 11.6 Å². The predicted octanol–water partition coefficient (Wildman–Crippen LogP) is 0.00750. The van der Waals surface area contributed by atoms with Crippen LogP contribution < -0.4 is 11.5 Å². The lowest BCUT2D eigenvalue weighted by Crippen LogP contribution is -2.12. The lowest BCUT2D eigenvalue weighted by atomic mass is 10.1. The number of benzene rings is 1. The molecule has 0 aliphatic heterocycles. The summed E-state index contributed by atoms with van der Waals surface area (Å²) < 4.78 is 1.65. The quantitative estimate of drug-likeness (QED) is 0.707. The number of amides is 1. The van der Waals surface area contributed by atoms with E-state index in [0.29, 0.717) is 17.8 Å². The molecule has 2 rings (SSSR count). The summed E-state index contributed by atoms with van der Waals surface area (Å²) in [7, 11) is 0. The highest BCUT2D eigenvalue weighted by Gasteiger charge is 2.05. The minimum atomic E-state index is -0.487. The molecule has 4 N–H and O–H groups in total. The molecular weight excluding hydrogens is 206 g/mol. The number of aromatic nitrogens is 3. The molecular formula is C10H11N5O. The Morgan fingerprint density at radius 3 is 2.81 bits per heavy atom. The van der Waals surface area contributed by atoms with Gasteiger partial charge < -0.3 is 11.5 Å². The first-order valence-corrected chi connectivity index (χ1v) is 4.67. The molecule has 82 valence electrons. The van der Waals surface area contributed by atoms with E-state index in [4.69, 9.17) is 11.5 Å². The topological polar surface area (TPSA) is 99.8 Å². The SMILES string of the molecule is NC(=O)c1ccc(Cn2cncn2)c(N)c1. The largest absolute Gasteiger partial charge is 0.398 e. The lowest BCUT2D eigenvalue weighted by molar-refractivity contribution is 0.100. The summed E-state index contributed by atoms with van der Waals surface area (Å²) in [5.41, 5.74) is 12.7. The van der Waals surface area contributed by atoms with Gasteiger partial charge in [0.1, 0.15) is 12.7 Å². The highest BCUT2D eigenvalue weighted by atomic mass is 16.1. The van der Waals surface area contributed by atoms with Crippen molar-refractivity contribution in [3.05, 3.63) is 42.0 Å². The molecule has 0 bridgehead atoms. The van der Waals surface area contributed by atoms with Gasteiger partial charge in [-0.2, -0.15) is 5.10 Å². The Balaban J connectivity index is 2.26. The molecule has 0 aliphatic carbocycles. The van der Waals surface area contributed by atoms with E-state index in [0.717, 1.165) is 5.56 Å². The third-order valence-electron chi connectivity index (χ3n) is 2.23. The van der Waals surface area contributed by atoms with Gasteiger partial charge in [-0.3, -0.25) is 4.79 Å². The van der Waals surface area contributed by atoms with Crippen LogP contribution in [0.1, 0.15) is 15.9 Å². The van der Waals surface area contributed by atoms with Crippen LogP contribution in [0.15, 0.2) is 30.9 Å². The molecule has 1 aromatic carbocycles. The summed E-state index contributed by atoms with van der Waals surface area (Å²) in [4.78, 5) is 14.8. The number of rotatable bonds is 3. The van der Waals surface area contributed by atoms with Crippen LogP contribution >= 0.6 is 0 Å². The molecule has 0 unspecified atom stereocenters. The van der Waals surface area contributed by atoms with Crippen molar-refractivity contribution < 1.29 is 4.79 Å². The molecule has 0 saturated carbocycles. The summed E-state index contributed by atoms with van der Waals surface area (Å²) in [6.45, 7) is 0.519. The molecule has 1 aromatic heterocycles. The third kappa shape index (κ3) is 2.00. The third-order valence-corrected chi connectivity index (χ3v) is 2.23. The van der Waals surface area contributed by atoms with E-state index in [2.05, 4.69) is 10.1 Å². The molecule has 0 saturated heterocycles. The van der Waals surface area contributed by atoms with Crippen molar-refractivity contribution in [3.63, 3.8) is 0 Å². The van der Waals surface area contributed by atoms with Crippen molar-refractivity contribution in [3.8, 4) is 0 Å². The van der Waals surface area contributed by atoms with Crippen molar-refractivity contribution in [2.24, 2.45) is 5.73 Å². The Morgan fingerprint density at radius 1 is 1.44 bits per heavy atom. The van der Waals surface area contributed by atoms with Gasteiger partial charge in [-0.1, -0.05) is 6.07 Å². The first kappa shape index (κ1) is 10.2. The Bertz CT molecular complexity index is 506. The number of hydrogen-bond acceptors (Lipinski definition) is 4. The first-order valence-electron chi connectivity index (χ1n) is 4.67. The molecule has 6 heteroatoms. The summed E-state index contributed by atoms with van der Waals surface area (Å²) in [5.74, 6) is -0.487. The Kier molecular flexibility index (Phi) is 2.55. The minimum Gasteiger partial charge on any atom is -0.398 e. The number of carbonyl (C=O) groups excluding carboxylic acids is 1. The molecule has 1 heterocycles. The number of hydrogen-bond donors (Lipinski definition) is 2. The van der Waals surface area contributed by atoms with Gasteiger partial charge in [-0.05, 0) is 17.7 Å². The van der Waals surface area contributed by atoms with Crippen LogP contribution in [0.5, 0.6) is 0 Å². The van der Waals surface area contributed by atoms with E-state index >= 15 is 0 Å².